The number of carbonyl (C=O) groups is 1. The number of ether oxygens (including phenoxy) is 1. The summed E-state index contributed by atoms with van der Waals surface area (Å²) in [6, 6.07) is 5.32. The molecule has 0 bridgehead atoms. The van der Waals surface area contributed by atoms with Gasteiger partial charge in [-0.3, -0.25) is 4.40 Å². The van der Waals surface area contributed by atoms with Crippen LogP contribution in [-0.2, 0) is 22.1 Å². The van der Waals surface area contributed by atoms with Crippen LogP contribution in [0.2, 0.25) is 0 Å². The average Bonchev–Trinajstić information content (AvgIpc) is 3.25. The fourth-order valence-electron chi connectivity index (χ4n) is 3.62. The second kappa shape index (κ2) is 6.98. The quantitative estimate of drug-likeness (QED) is 0.548. The maximum Gasteiger partial charge on any atom is 0.416 e. The summed E-state index contributed by atoms with van der Waals surface area (Å²) in [7, 11) is 0. The maximum absolute atomic E-state index is 12.9. The minimum atomic E-state index is -4.36. The van der Waals surface area contributed by atoms with Crippen molar-refractivity contribution in [1.82, 2.24) is 9.38 Å². The first kappa shape index (κ1) is 18.9. The summed E-state index contributed by atoms with van der Waals surface area (Å²) >= 11 is 1.38. The molecule has 1 aromatic carbocycles. The number of benzene rings is 1. The topological polar surface area (TPSA) is 43.6 Å². The Labute approximate surface area is 173 Å². The molecule has 0 radical (unpaired) electrons. The Balaban J connectivity index is 1.40. The van der Waals surface area contributed by atoms with Gasteiger partial charge in [-0.2, -0.15) is 13.2 Å². The third-order valence-electron chi connectivity index (χ3n) is 5.06. The number of carbonyl (C=O) groups excluding carboxylic acids is 1. The van der Waals surface area contributed by atoms with Gasteiger partial charge in [0.25, 0.3) is 0 Å². The number of hydrogen-bond acceptors (Lipinski definition) is 4. The molecule has 30 heavy (non-hydrogen) atoms. The van der Waals surface area contributed by atoms with Crippen LogP contribution in [0.25, 0.3) is 10.5 Å². The Morgan fingerprint density at radius 1 is 1.17 bits per heavy atom. The zero-order valence-corrected chi connectivity index (χ0v) is 16.3. The largest absolute Gasteiger partial charge is 0.454 e. The third-order valence-corrected chi connectivity index (χ3v) is 6.06. The van der Waals surface area contributed by atoms with Gasteiger partial charge < -0.3 is 4.74 Å². The van der Waals surface area contributed by atoms with E-state index in [1.54, 1.807) is 16.7 Å². The molecule has 3 aromatic rings. The number of allylic oxidation sites excluding steroid dienone is 2. The van der Waals surface area contributed by atoms with Crippen molar-refractivity contribution < 1.29 is 22.7 Å². The number of rotatable bonds is 3. The standard InChI is InChI=1S/C22H15F3N2O2S/c23-22(24,25)15-6-3-4-13(8-15)9-16-11-27-12-18(26-21(27)30-16)17-10-14-5-1-2-7-19(14)29-20(17)28/h1-8,10-12,14,19H,9H2. The van der Waals surface area contributed by atoms with Crippen molar-refractivity contribution in [2.45, 2.75) is 18.7 Å². The Morgan fingerprint density at radius 2 is 2.00 bits per heavy atom. The summed E-state index contributed by atoms with van der Waals surface area (Å²) in [5, 5.41) is 0. The van der Waals surface area contributed by atoms with Crippen molar-refractivity contribution in [3.8, 4) is 0 Å². The highest BCUT2D eigenvalue weighted by molar-refractivity contribution is 7.17. The lowest BCUT2D eigenvalue weighted by Gasteiger charge is -2.26. The average molecular weight is 428 g/mol. The zero-order valence-electron chi connectivity index (χ0n) is 15.5. The van der Waals surface area contributed by atoms with Gasteiger partial charge >= 0.3 is 12.1 Å². The van der Waals surface area contributed by atoms with Gasteiger partial charge in [0.2, 0.25) is 0 Å². The number of halogens is 3. The van der Waals surface area contributed by atoms with Gasteiger partial charge in [0, 0.05) is 29.6 Å². The Kier molecular flexibility index (Phi) is 4.39. The number of fused-ring (bicyclic) bond motifs is 2. The van der Waals surface area contributed by atoms with Gasteiger partial charge in [-0.15, -0.1) is 11.3 Å². The molecule has 5 rings (SSSR count). The van der Waals surface area contributed by atoms with Crippen molar-refractivity contribution in [2.75, 3.05) is 0 Å². The van der Waals surface area contributed by atoms with E-state index in [1.807, 2.05) is 36.6 Å². The summed E-state index contributed by atoms with van der Waals surface area (Å²) in [4.78, 5) is 18.5. The first-order valence-electron chi connectivity index (χ1n) is 9.28. The van der Waals surface area contributed by atoms with E-state index in [0.717, 1.165) is 10.9 Å². The number of esters is 1. The van der Waals surface area contributed by atoms with E-state index < -0.39 is 17.7 Å². The molecule has 152 valence electrons. The lowest BCUT2D eigenvalue weighted by Crippen LogP contribution is -2.29. The number of hydrogen-bond donors (Lipinski definition) is 0. The van der Waals surface area contributed by atoms with Crippen LogP contribution in [0.1, 0.15) is 21.7 Å². The summed E-state index contributed by atoms with van der Waals surface area (Å²) in [5.74, 6) is -0.426. The van der Waals surface area contributed by atoms with E-state index in [9.17, 15) is 18.0 Å². The predicted octanol–water partition coefficient (Wildman–Crippen LogP) is 5.06. The molecule has 2 aromatic heterocycles. The lowest BCUT2D eigenvalue weighted by molar-refractivity contribution is -0.141. The van der Waals surface area contributed by atoms with Gasteiger partial charge in [0.15, 0.2) is 4.96 Å². The van der Waals surface area contributed by atoms with Crippen LogP contribution < -0.4 is 0 Å². The zero-order chi connectivity index (χ0) is 20.9. The van der Waals surface area contributed by atoms with Crippen molar-refractivity contribution >= 4 is 27.8 Å². The highest BCUT2D eigenvalue weighted by Gasteiger charge is 2.32. The molecule has 2 unspecified atom stereocenters. The van der Waals surface area contributed by atoms with E-state index in [2.05, 4.69) is 4.98 Å². The number of nitrogens with zero attached hydrogens (tertiary/aromatic N) is 2. The molecule has 8 heteroatoms. The predicted molar refractivity (Wildman–Crippen MR) is 107 cm³/mol. The highest BCUT2D eigenvalue weighted by Crippen LogP contribution is 2.32. The van der Waals surface area contributed by atoms with Crippen LogP contribution in [0.15, 0.2) is 67.0 Å². The summed E-state index contributed by atoms with van der Waals surface area (Å²) in [5.41, 5.74) is 0.873. The van der Waals surface area contributed by atoms with Crippen LogP contribution in [0.4, 0.5) is 13.2 Å². The van der Waals surface area contributed by atoms with Gasteiger partial charge in [0.05, 0.1) is 16.8 Å². The van der Waals surface area contributed by atoms with E-state index in [0.29, 0.717) is 28.2 Å². The lowest BCUT2D eigenvalue weighted by atomic mass is 9.92. The number of imidazole rings is 1. The molecular weight excluding hydrogens is 413 g/mol. The van der Waals surface area contributed by atoms with Gasteiger partial charge in [-0.1, -0.05) is 42.5 Å². The molecule has 1 aliphatic carbocycles. The molecule has 0 saturated carbocycles. The van der Waals surface area contributed by atoms with Crippen molar-refractivity contribution in [1.29, 1.82) is 0 Å². The van der Waals surface area contributed by atoms with Crippen molar-refractivity contribution in [2.24, 2.45) is 5.92 Å². The molecule has 2 atom stereocenters. The molecule has 1 aliphatic heterocycles. The number of alkyl halides is 3. The van der Waals surface area contributed by atoms with Crippen LogP contribution in [0.3, 0.4) is 0 Å². The summed E-state index contributed by atoms with van der Waals surface area (Å²) < 4.78 is 46.0. The number of aromatic nitrogens is 2. The second-order valence-corrected chi connectivity index (χ2v) is 8.28. The molecular formula is C22H15F3N2O2S. The molecule has 3 heterocycles. The second-order valence-electron chi connectivity index (χ2n) is 7.19. The van der Waals surface area contributed by atoms with Gasteiger partial charge in [-0.25, -0.2) is 9.78 Å². The third kappa shape index (κ3) is 3.47. The van der Waals surface area contributed by atoms with Gasteiger partial charge in [0.1, 0.15) is 6.10 Å². The normalized spacial score (nSPS) is 20.9. The SMILES string of the molecule is O=C1OC2C=CC=CC2C=C1c1cn2cc(Cc3cccc(C(F)(F)F)c3)sc2n1. The van der Waals surface area contributed by atoms with Crippen LogP contribution in [0, 0.1) is 5.92 Å². The first-order chi connectivity index (χ1) is 14.4. The number of thiazole rings is 1. The smallest absolute Gasteiger partial charge is 0.416 e. The maximum atomic E-state index is 12.9. The molecule has 0 spiro atoms. The molecule has 4 nitrogen and oxygen atoms in total. The van der Waals surface area contributed by atoms with Crippen LogP contribution in [-0.4, -0.2) is 21.5 Å². The van der Waals surface area contributed by atoms with E-state index >= 15 is 0 Å². The highest BCUT2D eigenvalue weighted by atomic mass is 32.1. The Bertz CT molecular complexity index is 1200. The minimum Gasteiger partial charge on any atom is -0.454 e. The summed E-state index contributed by atoms with van der Waals surface area (Å²) in [6.07, 6.45) is 8.77. The van der Waals surface area contributed by atoms with Crippen LogP contribution >= 0.6 is 11.3 Å². The Morgan fingerprint density at radius 3 is 2.80 bits per heavy atom. The van der Waals surface area contributed by atoms with E-state index in [4.69, 9.17) is 4.74 Å². The monoisotopic (exact) mass is 428 g/mol. The van der Waals surface area contributed by atoms with E-state index in [-0.39, 0.29) is 12.0 Å². The van der Waals surface area contributed by atoms with Crippen LogP contribution in [0.5, 0.6) is 0 Å². The first-order valence-corrected chi connectivity index (χ1v) is 10.1. The fraction of sp³-hybridized carbons (Fsp3) is 0.182. The van der Waals surface area contributed by atoms with Gasteiger partial charge in [-0.05, 0) is 17.7 Å². The van der Waals surface area contributed by atoms with Crippen molar-refractivity contribution in [3.63, 3.8) is 0 Å². The molecule has 0 amide bonds. The minimum absolute atomic E-state index is 0.0149. The molecule has 2 aliphatic rings. The van der Waals surface area contributed by atoms with E-state index in [1.165, 1.54) is 23.5 Å². The molecule has 0 N–H and O–H groups in total. The molecule has 0 fully saturated rings. The molecule has 0 saturated heterocycles. The van der Waals surface area contributed by atoms with Crippen molar-refractivity contribution in [3.05, 3.63) is 88.7 Å². The fourth-order valence-corrected chi connectivity index (χ4v) is 4.62. The summed E-state index contributed by atoms with van der Waals surface area (Å²) in [6.45, 7) is 0. The Hall–Kier alpha value is -3.13.